The van der Waals surface area contributed by atoms with Crippen LogP contribution in [0.3, 0.4) is 0 Å². The van der Waals surface area contributed by atoms with Gasteiger partial charge in [0.05, 0.1) is 17.9 Å². The Hall–Kier alpha value is -4.07. The lowest BCUT2D eigenvalue weighted by atomic mass is 10.2. The monoisotopic (exact) mass is 354 g/mol. The van der Waals surface area contributed by atoms with Crippen molar-refractivity contribution in [2.75, 3.05) is 5.32 Å². The summed E-state index contributed by atoms with van der Waals surface area (Å²) >= 11 is 0. The van der Waals surface area contributed by atoms with Crippen LogP contribution in [0.1, 0.15) is 0 Å². The van der Waals surface area contributed by atoms with Gasteiger partial charge in [-0.15, -0.1) is 0 Å². The number of imidazole rings is 1. The first-order valence-electron chi connectivity index (χ1n) is 8.34. The molecule has 0 radical (unpaired) electrons. The average Bonchev–Trinajstić information content (AvgIpc) is 3.40. The molecule has 0 bridgehead atoms. The lowest BCUT2D eigenvalue weighted by molar-refractivity contribution is 0.861. The zero-order valence-corrected chi connectivity index (χ0v) is 14.1. The van der Waals surface area contributed by atoms with Gasteiger partial charge in [0, 0.05) is 30.0 Å². The number of aromatic nitrogens is 7. The Bertz CT molecular complexity index is 1180. The lowest BCUT2D eigenvalue weighted by Crippen LogP contribution is -2.01. The van der Waals surface area contributed by atoms with E-state index in [-0.39, 0.29) is 0 Å². The van der Waals surface area contributed by atoms with Crippen molar-refractivity contribution in [2.24, 2.45) is 0 Å². The van der Waals surface area contributed by atoms with Gasteiger partial charge in [-0.3, -0.25) is 0 Å². The molecule has 0 saturated heterocycles. The van der Waals surface area contributed by atoms with Crippen LogP contribution in [0.4, 0.5) is 11.5 Å². The number of nitrogens with one attached hydrogen (secondary N) is 1. The van der Waals surface area contributed by atoms with Crippen molar-refractivity contribution in [1.82, 2.24) is 34.3 Å². The number of rotatable bonds is 4. The summed E-state index contributed by atoms with van der Waals surface area (Å²) in [7, 11) is 0. The van der Waals surface area contributed by atoms with Crippen molar-refractivity contribution in [2.45, 2.75) is 0 Å². The van der Waals surface area contributed by atoms with E-state index in [1.807, 2.05) is 53.2 Å². The molecule has 0 saturated carbocycles. The normalized spacial score (nSPS) is 11.0. The molecule has 0 atom stereocenters. The molecular weight excluding hydrogens is 340 g/mol. The second-order valence-corrected chi connectivity index (χ2v) is 5.85. The van der Waals surface area contributed by atoms with Crippen LogP contribution in [0.15, 0.2) is 79.9 Å². The van der Waals surface area contributed by atoms with Crippen LogP contribution in [-0.4, -0.2) is 34.3 Å². The summed E-state index contributed by atoms with van der Waals surface area (Å²) < 4.78 is 3.65. The molecule has 130 valence electrons. The predicted molar refractivity (Wildman–Crippen MR) is 101 cm³/mol. The van der Waals surface area contributed by atoms with E-state index in [1.54, 1.807) is 29.6 Å². The summed E-state index contributed by atoms with van der Waals surface area (Å²) in [6.07, 6.45) is 10.4. The Morgan fingerprint density at radius 2 is 1.81 bits per heavy atom. The smallest absolute Gasteiger partial charge is 0.170 e. The summed E-state index contributed by atoms with van der Waals surface area (Å²) in [5.74, 6) is 1.40. The molecule has 8 nitrogen and oxygen atoms in total. The minimum atomic E-state index is 0.692. The van der Waals surface area contributed by atoms with Gasteiger partial charge in [-0.1, -0.05) is 6.07 Å². The Balaban J connectivity index is 1.48. The van der Waals surface area contributed by atoms with Gasteiger partial charge < -0.3 is 9.88 Å². The SMILES string of the molecule is c1ccc(-n2ncc3c(Nc4ccc(-n5ccnc5)cc4)ncnc32)nc1. The van der Waals surface area contributed by atoms with E-state index in [4.69, 9.17) is 0 Å². The minimum Gasteiger partial charge on any atom is -0.340 e. The maximum atomic E-state index is 4.42. The highest BCUT2D eigenvalue weighted by Gasteiger charge is 2.11. The molecule has 1 aromatic carbocycles. The minimum absolute atomic E-state index is 0.692. The van der Waals surface area contributed by atoms with Crippen LogP contribution in [0.25, 0.3) is 22.5 Å². The third kappa shape index (κ3) is 2.78. The van der Waals surface area contributed by atoms with Gasteiger partial charge in [-0.05, 0) is 36.4 Å². The zero-order chi connectivity index (χ0) is 18.1. The van der Waals surface area contributed by atoms with E-state index in [0.29, 0.717) is 17.3 Å². The van der Waals surface area contributed by atoms with E-state index < -0.39 is 0 Å². The van der Waals surface area contributed by atoms with Crippen molar-refractivity contribution < 1.29 is 0 Å². The van der Waals surface area contributed by atoms with Crippen molar-refractivity contribution in [3.63, 3.8) is 0 Å². The maximum Gasteiger partial charge on any atom is 0.170 e. The summed E-state index contributed by atoms with van der Waals surface area (Å²) in [6, 6.07) is 13.7. The first kappa shape index (κ1) is 15.2. The first-order chi connectivity index (χ1) is 13.4. The van der Waals surface area contributed by atoms with Crippen LogP contribution < -0.4 is 5.32 Å². The number of hydrogen-bond acceptors (Lipinski definition) is 6. The fraction of sp³-hybridized carbons (Fsp3) is 0. The molecule has 0 fully saturated rings. The molecule has 0 spiro atoms. The molecule has 4 aromatic heterocycles. The van der Waals surface area contributed by atoms with Gasteiger partial charge in [0.1, 0.15) is 12.1 Å². The molecule has 4 heterocycles. The van der Waals surface area contributed by atoms with Crippen molar-refractivity contribution in [3.8, 4) is 11.5 Å². The molecule has 0 aliphatic heterocycles. The third-order valence-electron chi connectivity index (χ3n) is 4.16. The highest BCUT2D eigenvalue weighted by molar-refractivity contribution is 5.88. The van der Waals surface area contributed by atoms with Crippen LogP contribution in [-0.2, 0) is 0 Å². The van der Waals surface area contributed by atoms with E-state index >= 15 is 0 Å². The number of fused-ring (bicyclic) bond motifs is 1. The predicted octanol–water partition coefficient (Wildman–Crippen LogP) is 3.14. The average molecular weight is 354 g/mol. The number of anilines is 2. The fourth-order valence-corrected chi connectivity index (χ4v) is 2.86. The summed E-state index contributed by atoms with van der Waals surface area (Å²) in [5.41, 5.74) is 2.65. The fourth-order valence-electron chi connectivity index (χ4n) is 2.86. The molecule has 8 heteroatoms. The Morgan fingerprint density at radius 1 is 0.889 bits per heavy atom. The number of benzene rings is 1. The van der Waals surface area contributed by atoms with E-state index in [2.05, 4.69) is 30.4 Å². The molecule has 5 aromatic rings. The van der Waals surface area contributed by atoms with Gasteiger partial charge in [0.15, 0.2) is 11.5 Å². The van der Waals surface area contributed by atoms with E-state index in [9.17, 15) is 0 Å². The van der Waals surface area contributed by atoms with Gasteiger partial charge >= 0.3 is 0 Å². The van der Waals surface area contributed by atoms with Crippen LogP contribution in [0.5, 0.6) is 0 Å². The van der Waals surface area contributed by atoms with Gasteiger partial charge in [0.25, 0.3) is 0 Å². The van der Waals surface area contributed by atoms with Gasteiger partial charge in [0.2, 0.25) is 0 Å². The molecule has 5 rings (SSSR count). The largest absolute Gasteiger partial charge is 0.340 e. The topological polar surface area (TPSA) is 86.3 Å². The molecule has 0 aliphatic rings. The molecular formula is C19H14N8. The quantitative estimate of drug-likeness (QED) is 0.534. The number of nitrogens with zero attached hydrogens (tertiary/aromatic N) is 7. The summed E-state index contributed by atoms with van der Waals surface area (Å²) in [4.78, 5) is 17.1. The van der Waals surface area contributed by atoms with Crippen LogP contribution in [0.2, 0.25) is 0 Å². The van der Waals surface area contributed by atoms with Crippen molar-refractivity contribution in [1.29, 1.82) is 0 Å². The van der Waals surface area contributed by atoms with Crippen molar-refractivity contribution >= 4 is 22.5 Å². The standard InChI is InChI=1S/C19H14N8/c1-2-8-21-17(3-1)27-19-16(11-24-27)18(22-12-23-19)25-14-4-6-15(7-5-14)26-10-9-20-13-26/h1-13H,(H,22,23,25). The van der Waals surface area contributed by atoms with E-state index in [0.717, 1.165) is 16.8 Å². The lowest BCUT2D eigenvalue weighted by Gasteiger charge is -2.08. The van der Waals surface area contributed by atoms with Gasteiger partial charge in [-0.25, -0.2) is 19.9 Å². The molecule has 1 N–H and O–H groups in total. The number of hydrogen-bond donors (Lipinski definition) is 1. The Kier molecular flexibility index (Phi) is 3.57. The Morgan fingerprint density at radius 3 is 2.59 bits per heavy atom. The van der Waals surface area contributed by atoms with Crippen LogP contribution >= 0.6 is 0 Å². The molecule has 0 aliphatic carbocycles. The van der Waals surface area contributed by atoms with Crippen LogP contribution in [0, 0.1) is 0 Å². The highest BCUT2D eigenvalue weighted by atomic mass is 15.3. The third-order valence-corrected chi connectivity index (χ3v) is 4.16. The molecule has 0 amide bonds. The zero-order valence-electron chi connectivity index (χ0n) is 14.1. The summed E-state index contributed by atoms with van der Waals surface area (Å²) in [6.45, 7) is 0. The van der Waals surface area contributed by atoms with E-state index in [1.165, 1.54) is 6.33 Å². The number of pyridine rings is 1. The van der Waals surface area contributed by atoms with Crippen molar-refractivity contribution in [3.05, 3.63) is 79.9 Å². The second-order valence-electron chi connectivity index (χ2n) is 5.85. The highest BCUT2D eigenvalue weighted by Crippen LogP contribution is 2.24. The first-order valence-corrected chi connectivity index (χ1v) is 8.34. The van der Waals surface area contributed by atoms with Gasteiger partial charge in [-0.2, -0.15) is 9.78 Å². The maximum absolute atomic E-state index is 4.42. The Labute approximate surface area is 154 Å². The second kappa shape index (κ2) is 6.34. The molecule has 0 unspecified atom stereocenters. The summed E-state index contributed by atoms with van der Waals surface area (Å²) in [5, 5.41) is 8.57. The molecule has 27 heavy (non-hydrogen) atoms.